The predicted molar refractivity (Wildman–Crippen MR) is 40.2 cm³/mol. The smallest absolute Gasteiger partial charge is 0.148 e. The highest BCUT2D eigenvalue weighted by Crippen LogP contribution is 2.10. The van der Waals surface area contributed by atoms with Crippen LogP contribution in [0.5, 0.6) is 0 Å². The first-order valence-electron chi connectivity index (χ1n) is 3.05. The summed E-state index contributed by atoms with van der Waals surface area (Å²) in [7, 11) is 0. The average molecular weight is 171 g/mol. The highest BCUT2D eigenvalue weighted by atomic mass is 35.5. The van der Waals surface area contributed by atoms with Crippen molar-refractivity contribution in [3.05, 3.63) is 35.5 Å². The molecule has 11 heavy (non-hydrogen) atoms. The van der Waals surface area contributed by atoms with Crippen molar-refractivity contribution in [2.75, 3.05) is 0 Å². The number of hydrogen-bond acceptors (Lipinski definition) is 1. The summed E-state index contributed by atoms with van der Waals surface area (Å²) in [6, 6.07) is 2.92. The number of nitrogens with zero attached hydrogens (tertiary/aromatic N) is 2. The zero-order valence-corrected chi connectivity index (χ0v) is 6.22. The fourth-order valence-corrected chi connectivity index (χ4v) is 1.13. The minimum atomic E-state index is -0.299. The molecule has 2 aromatic rings. The topological polar surface area (TPSA) is 17.3 Å². The maximum atomic E-state index is 12.6. The standard InChI is InChI=1S/C7H4ClFN2/c8-6-4-11-3-5(9)1-2-7(11)10-6/h1-4H. The van der Waals surface area contributed by atoms with Gasteiger partial charge in [0.2, 0.25) is 0 Å². The van der Waals surface area contributed by atoms with Gasteiger partial charge in [0.25, 0.3) is 0 Å². The van der Waals surface area contributed by atoms with Gasteiger partial charge in [-0.3, -0.25) is 0 Å². The van der Waals surface area contributed by atoms with Crippen molar-refractivity contribution in [3.8, 4) is 0 Å². The van der Waals surface area contributed by atoms with Crippen LogP contribution in [0.4, 0.5) is 4.39 Å². The SMILES string of the molecule is Fc1ccc2nc(Cl)cn2c1. The Balaban J connectivity index is 2.82. The number of fused-ring (bicyclic) bond motifs is 1. The van der Waals surface area contributed by atoms with Crippen molar-refractivity contribution in [2.45, 2.75) is 0 Å². The van der Waals surface area contributed by atoms with E-state index in [9.17, 15) is 4.39 Å². The second-order valence-electron chi connectivity index (χ2n) is 2.18. The lowest BCUT2D eigenvalue weighted by Crippen LogP contribution is -1.83. The largest absolute Gasteiger partial charge is 0.303 e. The van der Waals surface area contributed by atoms with Gasteiger partial charge in [-0.1, -0.05) is 11.6 Å². The summed E-state index contributed by atoms with van der Waals surface area (Å²) >= 11 is 5.58. The maximum absolute atomic E-state index is 12.6. The van der Waals surface area contributed by atoms with Crippen LogP contribution in [0, 0.1) is 5.82 Å². The lowest BCUT2D eigenvalue weighted by molar-refractivity contribution is 0.619. The van der Waals surface area contributed by atoms with Crippen LogP contribution in [0.15, 0.2) is 24.5 Å². The molecule has 2 nitrogen and oxygen atoms in total. The Labute approximate surface area is 67.2 Å². The van der Waals surface area contributed by atoms with Gasteiger partial charge in [-0.25, -0.2) is 9.37 Å². The van der Waals surface area contributed by atoms with Crippen LogP contribution in [0.1, 0.15) is 0 Å². The van der Waals surface area contributed by atoms with Gasteiger partial charge in [0, 0.05) is 12.4 Å². The van der Waals surface area contributed by atoms with Crippen LogP contribution >= 0.6 is 11.6 Å². The monoisotopic (exact) mass is 170 g/mol. The summed E-state index contributed by atoms with van der Waals surface area (Å²) in [5, 5.41) is 0.371. The summed E-state index contributed by atoms with van der Waals surface area (Å²) in [5.41, 5.74) is 0.649. The van der Waals surface area contributed by atoms with E-state index in [0.29, 0.717) is 10.8 Å². The van der Waals surface area contributed by atoms with Crippen molar-refractivity contribution in [1.29, 1.82) is 0 Å². The number of hydrogen-bond donors (Lipinski definition) is 0. The molecule has 0 atom stereocenters. The van der Waals surface area contributed by atoms with Crippen molar-refractivity contribution in [2.24, 2.45) is 0 Å². The quantitative estimate of drug-likeness (QED) is 0.592. The van der Waals surface area contributed by atoms with E-state index in [-0.39, 0.29) is 5.82 Å². The van der Waals surface area contributed by atoms with E-state index in [1.165, 1.54) is 16.7 Å². The normalized spacial score (nSPS) is 10.7. The van der Waals surface area contributed by atoms with Gasteiger partial charge < -0.3 is 4.40 Å². The molecule has 0 aliphatic heterocycles. The lowest BCUT2D eigenvalue weighted by atomic mass is 10.5. The van der Waals surface area contributed by atoms with Crippen LogP contribution in [0.2, 0.25) is 5.15 Å². The van der Waals surface area contributed by atoms with Gasteiger partial charge in [0.05, 0.1) is 0 Å². The maximum Gasteiger partial charge on any atom is 0.148 e. The fourth-order valence-electron chi connectivity index (χ4n) is 0.934. The van der Waals surface area contributed by atoms with Crippen molar-refractivity contribution in [3.63, 3.8) is 0 Å². The van der Waals surface area contributed by atoms with E-state index >= 15 is 0 Å². The first kappa shape index (κ1) is 6.61. The van der Waals surface area contributed by atoms with E-state index < -0.39 is 0 Å². The summed E-state index contributed by atoms with van der Waals surface area (Å²) in [6.45, 7) is 0. The molecule has 0 aliphatic rings. The zero-order valence-electron chi connectivity index (χ0n) is 5.46. The van der Waals surface area contributed by atoms with Crippen LogP contribution < -0.4 is 0 Å². The molecule has 4 heteroatoms. The average Bonchev–Trinajstić information content (AvgIpc) is 2.27. The molecular formula is C7H4ClFN2. The summed E-state index contributed by atoms with van der Waals surface area (Å²) in [4.78, 5) is 3.92. The first-order chi connectivity index (χ1) is 5.25. The van der Waals surface area contributed by atoms with Crippen molar-refractivity contribution >= 4 is 17.2 Å². The Hall–Kier alpha value is -1.09. The molecule has 0 amide bonds. The second kappa shape index (κ2) is 2.20. The van der Waals surface area contributed by atoms with Gasteiger partial charge >= 0.3 is 0 Å². The molecule has 0 radical (unpaired) electrons. The summed E-state index contributed by atoms with van der Waals surface area (Å²) in [5.74, 6) is -0.299. The molecule has 2 rings (SSSR count). The Morgan fingerprint density at radius 3 is 3.00 bits per heavy atom. The van der Waals surface area contributed by atoms with E-state index in [1.54, 1.807) is 12.3 Å². The Morgan fingerprint density at radius 2 is 2.18 bits per heavy atom. The molecule has 0 aliphatic carbocycles. The molecule has 0 fully saturated rings. The molecule has 56 valence electrons. The zero-order chi connectivity index (χ0) is 7.84. The molecule has 0 N–H and O–H groups in total. The van der Waals surface area contributed by atoms with Gasteiger partial charge in [-0.15, -0.1) is 0 Å². The second-order valence-corrected chi connectivity index (χ2v) is 2.56. The molecular weight excluding hydrogens is 167 g/mol. The summed E-state index contributed by atoms with van der Waals surface area (Å²) in [6.07, 6.45) is 2.88. The minimum absolute atomic E-state index is 0.299. The highest BCUT2D eigenvalue weighted by Gasteiger charge is 1.98. The molecule has 0 saturated carbocycles. The third kappa shape index (κ3) is 1.07. The van der Waals surface area contributed by atoms with Gasteiger partial charge in [0.15, 0.2) is 0 Å². The Kier molecular flexibility index (Phi) is 1.32. The molecule has 0 unspecified atom stereocenters. The van der Waals surface area contributed by atoms with Gasteiger partial charge in [-0.2, -0.15) is 0 Å². The number of pyridine rings is 1. The third-order valence-corrected chi connectivity index (χ3v) is 1.57. The molecule has 2 aromatic heterocycles. The minimum Gasteiger partial charge on any atom is -0.303 e. The summed E-state index contributed by atoms with van der Waals surface area (Å²) < 4.78 is 14.1. The molecule has 0 aromatic carbocycles. The fraction of sp³-hybridized carbons (Fsp3) is 0. The highest BCUT2D eigenvalue weighted by molar-refractivity contribution is 6.29. The number of halogens is 2. The van der Waals surface area contributed by atoms with Crippen LogP contribution in [-0.4, -0.2) is 9.38 Å². The number of rotatable bonds is 0. The molecule has 2 heterocycles. The van der Waals surface area contributed by atoms with E-state index in [4.69, 9.17) is 11.6 Å². The van der Waals surface area contributed by atoms with E-state index in [2.05, 4.69) is 4.98 Å². The van der Waals surface area contributed by atoms with Crippen LogP contribution in [-0.2, 0) is 0 Å². The van der Waals surface area contributed by atoms with Crippen molar-refractivity contribution < 1.29 is 4.39 Å². The van der Waals surface area contributed by atoms with Gasteiger partial charge in [-0.05, 0) is 12.1 Å². The third-order valence-electron chi connectivity index (χ3n) is 1.39. The van der Waals surface area contributed by atoms with Crippen LogP contribution in [0.3, 0.4) is 0 Å². The predicted octanol–water partition coefficient (Wildman–Crippen LogP) is 2.13. The molecule has 0 spiro atoms. The van der Waals surface area contributed by atoms with Crippen LogP contribution in [0.25, 0.3) is 5.65 Å². The Bertz CT molecular complexity index is 396. The van der Waals surface area contributed by atoms with Crippen molar-refractivity contribution in [1.82, 2.24) is 9.38 Å². The molecule has 0 bridgehead atoms. The Morgan fingerprint density at radius 1 is 1.36 bits per heavy atom. The van der Waals surface area contributed by atoms with E-state index in [1.807, 2.05) is 0 Å². The van der Waals surface area contributed by atoms with Gasteiger partial charge in [0.1, 0.15) is 16.6 Å². The lowest BCUT2D eigenvalue weighted by Gasteiger charge is -1.90. The van der Waals surface area contributed by atoms with E-state index in [0.717, 1.165) is 0 Å². The number of imidazole rings is 1. The number of aromatic nitrogens is 2. The molecule has 0 saturated heterocycles. The first-order valence-corrected chi connectivity index (χ1v) is 3.43.